The van der Waals surface area contributed by atoms with Crippen molar-refractivity contribution in [2.75, 3.05) is 18.5 Å². The Labute approximate surface area is 120 Å². The van der Waals surface area contributed by atoms with Crippen LogP contribution in [0.15, 0.2) is 42.5 Å². The molecule has 2 N–H and O–H groups in total. The van der Waals surface area contributed by atoms with Crippen molar-refractivity contribution in [2.45, 2.75) is 19.9 Å². The first-order valence-electron chi connectivity index (χ1n) is 6.86. The topological polar surface area (TPSA) is 29.3 Å². The van der Waals surface area contributed by atoms with Crippen LogP contribution in [0.1, 0.15) is 16.7 Å². The van der Waals surface area contributed by atoms with Gasteiger partial charge < -0.3 is 10.6 Å². The Balaban J connectivity index is 2.25. The van der Waals surface area contributed by atoms with Crippen LogP contribution in [0, 0.1) is 12.7 Å². The molecule has 2 rings (SSSR count). The predicted octanol–water partition coefficient (Wildman–Crippen LogP) is 3.27. The highest BCUT2D eigenvalue weighted by molar-refractivity contribution is 5.54. The van der Waals surface area contributed by atoms with E-state index < -0.39 is 0 Å². The van der Waals surface area contributed by atoms with Crippen molar-refractivity contribution in [1.29, 1.82) is 0 Å². The van der Waals surface area contributed by atoms with Crippen molar-refractivity contribution >= 4 is 5.69 Å². The van der Waals surface area contributed by atoms with Gasteiger partial charge in [-0.1, -0.05) is 35.9 Å². The molecular weight excluding hydrogens is 251 g/mol. The Morgan fingerprint density at radius 3 is 2.60 bits per heavy atom. The molecule has 0 heterocycles. The third-order valence-electron chi connectivity index (χ3n) is 3.40. The largest absolute Gasteiger partial charge is 0.370 e. The summed E-state index contributed by atoms with van der Waals surface area (Å²) in [6.07, 6.45) is 0.556. The summed E-state index contributed by atoms with van der Waals surface area (Å²) in [5.74, 6) is -0.177. The molecule has 106 valence electrons. The molecule has 0 unspecified atom stereocenters. The molecule has 0 atom stereocenters. The van der Waals surface area contributed by atoms with E-state index in [0.29, 0.717) is 18.5 Å². The van der Waals surface area contributed by atoms with E-state index in [0.717, 1.165) is 12.2 Å². The van der Waals surface area contributed by atoms with Crippen molar-refractivity contribution in [1.82, 2.24) is 0 Å². The number of hydrogen-bond acceptors (Lipinski definition) is 2. The number of anilines is 1. The number of rotatable bonds is 5. The van der Waals surface area contributed by atoms with E-state index in [2.05, 4.69) is 30.0 Å². The Morgan fingerprint density at radius 2 is 1.90 bits per heavy atom. The maximum Gasteiger partial charge on any atom is 0.128 e. The number of benzene rings is 2. The highest BCUT2D eigenvalue weighted by Gasteiger charge is 2.11. The standard InChI is InChI=1S/C17H21FN2/c1-13-5-3-6-14(11-13)12-20(2)17-8-4-7-16(18)15(17)9-10-19/h3-8,11H,9-10,12,19H2,1-2H3. The lowest BCUT2D eigenvalue weighted by Gasteiger charge is -2.23. The van der Waals surface area contributed by atoms with Gasteiger partial charge in [0, 0.05) is 24.8 Å². The van der Waals surface area contributed by atoms with Gasteiger partial charge in [0.2, 0.25) is 0 Å². The molecule has 0 fully saturated rings. The molecule has 0 aliphatic rings. The molecule has 0 aliphatic heterocycles. The molecule has 0 amide bonds. The Hall–Kier alpha value is -1.87. The molecule has 0 spiro atoms. The number of halogens is 1. The summed E-state index contributed by atoms with van der Waals surface area (Å²) < 4.78 is 13.9. The summed E-state index contributed by atoms with van der Waals surface area (Å²) in [6.45, 7) is 3.28. The van der Waals surface area contributed by atoms with Gasteiger partial charge in [-0.05, 0) is 37.6 Å². The summed E-state index contributed by atoms with van der Waals surface area (Å²) in [7, 11) is 1.98. The van der Waals surface area contributed by atoms with Crippen LogP contribution in [0.4, 0.5) is 10.1 Å². The second-order valence-corrected chi connectivity index (χ2v) is 5.12. The summed E-state index contributed by atoms with van der Waals surface area (Å²) in [5.41, 5.74) is 9.65. The van der Waals surface area contributed by atoms with Gasteiger partial charge in [-0.2, -0.15) is 0 Å². The average Bonchev–Trinajstić information content (AvgIpc) is 2.41. The summed E-state index contributed by atoms with van der Waals surface area (Å²) in [4.78, 5) is 2.07. The third kappa shape index (κ3) is 3.36. The van der Waals surface area contributed by atoms with Crippen molar-refractivity contribution in [2.24, 2.45) is 5.73 Å². The van der Waals surface area contributed by atoms with Crippen molar-refractivity contribution < 1.29 is 4.39 Å². The first-order chi connectivity index (χ1) is 9.61. The molecule has 2 aromatic rings. The van der Waals surface area contributed by atoms with Crippen LogP contribution >= 0.6 is 0 Å². The normalized spacial score (nSPS) is 10.6. The van der Waals surface area contributed by atoms with Gasteiger partial charge in [0.05, 0.1) is 0 Å². The maximum atomic E-state index is 13.9. The van der Waals surface area contributed by atoms with Gasteiger partial charge in [-0.3, -0.25) is 0 Å². The van der Waals surface area contributed by atoms with Crippen LogP contribution in [-0.2, 0) is 13.0 Å². The third-order valence-corrected chi connectivity index (χ3v) is 3.40. The fourth-order valence-electron chi connectivity index (χ4n) is 2.47. The first-order valence-corrected chi connectivity index (χ1v) is 6.86. The van der Waals surface area contributed by atoms with Crippen LogP contribution in [0.3, 0.4) is 0 Å². The van der Waals surface area contributed by atoms with E-state index in [-0.39, 0.29) is 5.82 Å². The lowest BCUT2D eigenvalue weighted by atomic mass is 10.1. The zero-order valence-corrected chi connectivity index (χ0v) is 12.1. The second-order valence-electron chi connectivity index (χ2n) is 5.12. The molecule has 0 aliphatic carbocycles. The van der Waals surface area contributed by atoms with Gasteiger partial charge in [0.25, 0.3) is 0 Å². The van der Waals surface area contributed by atoms with Crippen molar-refractivity contribution in [3.8, 4) is 0 Å². The molecule has 0 radical (unpaired) electrons. The van der Waals surface area contributed by atoms with E-state index >= 15 is 0 Å². The van der Waals surface area contributed by atoms with E-state index in [4.69, 9.17) is 5.73 Å². The van der Waals surface area contributed by atoms with Crippen LogP contribution < -0.4 is 10.6 Å². The summed E-state index contributed by atoms with van der Waals surface area (Å²) >= 11 is 0. The number of nitrogens with two attached hydrogens (primary N) is 1. The van der Waals surface area contributed by atoms with E-state index in [1.54, 1.807) is 6.07 Å². The SMILES string of the molecule is Cc1cccc(CN(C)c2cccc(F)c2CCN)c1. The monoisotopic (exact) mass is 272 g/mol. The molecule has 0 aromatic heterocycles. The summed E-state index contributed by atoms with van der Waals surface area (Å²) in [6, 6.07) is 13.6. The van der Waals surface area contributed by atoms with E-state index in [1.807, 2.05) is 19.2 Å². The Bertz CT molecular complexity index is 581. The van der Waals surface area contributed by atoms with E-state index in [9.17, 15) is 4.39 Å². The Kier molecular flexibility index (Phi) is 4.74. The van der Waals surface area contributed by atoms with Gasteiger partial charge >= 0.3 is 0 Å². The highest BCUT2D eigenvalue weighted by atomic mass is 19.1. The summed E-state index contributed by atoms with van der Waals surface area (Å²) in [5, 5.41) is 0. The quantitative estimate of drug-likeness (QED) is 0.905. The molecule has 0 bridgehead atoms. The van der Waals surface area contributed by atoms with Crippen LogP contribution in [0.25, 0.3) is 0 Å². The lowest BCUT2D eigenvalue weighted by Crippen LogP contribution is -2.19. The number of nitrogens with zero attached hydrogens (tertiary/aromatic N) is 1. The van der Waals surface area contributed by atoms with Gasteiger partial charge in [0.15, 0.2) is 0 Å². The fraction of sp³-hybridized carbons (Fsp3) is 0.294. The number of aryl methyl sites for hydroxylation is 1. The Morgan fingerprint density at radius 1 is 1.15 bits per heavy atom. The molecule has 0 saturated heterocycles. The highest BCUT2D eigenvalue weighted by Crippen LogP contribution is 2.24. The predicted molar refractivity (Wildman–Crippen MR) is 82.4 cm³/mol. The number of hydrogen-bond donors (Lipinski definition) is 1. The minimum atomic E-state index is -0.177. The molecule has 3 heteroatoms. The minimum Gasteiger partial charge on any atom is -0.370 e. The maximum absolute atomic E-state index is 13.9. The van der Waals surface area contributed by atoms with Crippen molar-refractivity contribution in [3.05, 3.63) is 65.0 Å². The fourth-order valence-corrected chi connectivity index (χ4v) is 2.47. The zero-order chi connectivity index (χ0) is 14.5. The molecular formula is C17H21FN2. The molecule has 2 nitrogen and oxygen atoms in total. The molecule has 20 heavy (non-hydrogen) atoms. The minimum absolute atomic E-state index is 0.177. The van der Waals surface area contributed by atoms with Crippen LogP contribution in [0.2, 0.25) is 0 Å². The van der Waals surface area contributed by atoms with Gasteiger partial charge in [-0.25, -0.2) is 4.39 Å². The second kappa shape index (κ2) is 6.53. The van der Waals surface area contributed by atoms with Crippen molar-refractivity contribution in [3.63, 3.8) is 0 Å². The van der Waals surface area contributed by atoms with Crippen LogP contribution in [0.5, 0.6) is 0 Å². The molecule has 0 saturated carbocycles. The van der Waals surface area contributed by atoms with Gasteiger partial charge in [-0.15, -0.1) is 0 Å². The first kappa shape index (κ1) is 14.5. The molecule has 2 aromatic carbocycles. The lowest BCUT2D eigenvalue weighted by molar-refractivity contribution is 0.608. The van der Waals surface area contributed by atoms with Gasteiger partial charge in [0.1, 0.15) is 5.82 Å². The average molecular weight is 272 g/mol. The smallest absolute Gasteiger partial charge is 0.128 e. The van der Waals surface area contributed by atoms with Crippen LogP contribution in [-0.4, -0.2) is 13.6 Å². The zero-order valence-electron chi connectivity index (χ0n) is 12.1. The van der Waals surface area contributed by atoms with E-state index in [1.165, 1.54) is 17.2 Å².